The number of aryl methyl sites for hydroxylation is 1. The van der Waals surface area contributed by atoms with Crippen LogP contribution in [-0.4, -0.2) is 23.5 Å². The van der Waals surface area contributed by atoms with E-state index in [4.69, 9.17) is 5.26 Å². The molecule has 0 bridgehead atoms. The highest BCUT2D eigenvalue weighted by molar-refractivity contribution is 7.84. The molecule has 3 rings (SSSR count). The van der Waals surface area contributed by atoms with Crippen LogP contribution in [-0.2, 0) is 23.6 Å². The third-order valence-electron chi connectivity index (χ3n) is 4.62. The number of nitrogens with zero attached hydrogens (tertiary/aromatic N) is 4. The Hall–Kier alpha value is -2.89. The van der Waals surface area contributed by atoms with Crippen LogP contribution in [0.1, 0.15) is 43.2 Å². The highest BCUT2D eigenvalue weighted by atomic mass is 32.2. The minimum absolute atomic E-state index is 0.0595. The number of aromatic nitrogens is 3. The third kappa shape index (κ3) is 3.84. The quantitative estimate of drug-likeness (QED) is 0.699. The zero-order valence-electron chi connectivity index (χ0n) is 16.7. The van der Waals surface area contributed by atoms with Crippen molar-refractivity contribution in [2.75, 3.05) is 0 Å². The fraction of sp³-hybridized carbons (Fsp3) is 0.286. The number of hydrogen-bond donors (Lipinski definition) is 1. The number of halogens is 1. The topological polar surface area (TPSA) is 83.6 Å². The zero-order chi connectivity index (χ0) is 21.2. The molecule has 0 aliphatic rings. The van der Waals surface area contributed by atoms with E-state index in [0.29, 0.717) is 16.8 Å². The molecule has 2 heterocycles. The Balaban J connectivity index is 2.37. The van der Waals surface area contributed by atoms with Gasteiger partial charge in [0.05, 0.1) is 39.5 Å². The molecule has 0 aliphatic carbocycles. The zero-order valence-corrected chi connectivity index (χ0v) is 17.5. The molecule has 0 fully saturated rings. The van der Waals surface area contributed by atoms with Gasteiger partial charge in [-0.3, -0.25) is 4.98 Å². The first kappa shape index (κ1) is 20.8. The molecule has 1 aromatic carbocycles. The van der Waals surface area contributed by atoms with Gasteiger partial charge < -0.3 is 4.57 Å². The summed E-state index contributed by atoms with van der Waals surface area (Å²) in [5, 5.41) is 9.13. The second-order valence-electron chi connectivity index (χ2n) is 7.67. The van der Waals surface area contributed by atoms with Crippen LogP contribution < -0.4 is 4.72 Å². The summed E-state index contributed by atoms with van der Waals surface area (Å²) in [4.78, 5) is 8.45. The van der Waals surface area contributed by atoms with Crippen LogP contribution in [0.3, 0.4) is 0 Å². The van der Waals surface area contributed by atoms with Gasteiger partial charge in [-0.2, -0.15) is 5.26 Å². The van der Waals surface area contributed by atoms with Crippen molar-refractivity contribution in [1.29, 1.82) is 5.26 Å². The molecule has 2 aromatic heterocycles. The summed E-state index contributed by atoms with van der Waals surface area (Å²) in [6, 6.07) is 9.82. The van der Waals surface area contributed by atoms with Gasteiger partial charge in [-0.05, 0) is 44.5 Å². The molecule has 2 atom stereocenters. The summed E-state index contributed by atoms with van der Waals surface area (Å²) in [6.45, 7) is 5.56. The Morgan fingerprint density at radius 3 is 2.45 bits per heavy atom. The third-order valence-corrected chi connectivity index (χ3v) is 6.22. The normalized spacial score (nSPS) is 14.8. The van der Waals surface area contributed by atoms with Gasteiger partial charge in [0, 0.05) is 25.0 Å². The van der Waals surface area contributed by atoms with Crippen molar-refractivity contribution in [2.45, 2.75) is 31.1 Å². The fourth-order valence-electron chi connectivity index (χ4n) is 3.07. The number of imidazole rings is 1. The summed E-state index contributed by atoms with van der Waals surface area (Å²) in [5.41, 5.74) is 0.559. The fourth-order valence-corrected chi connectivity index (χ4v) is 3.99. The van der Waals surface area contributed by atoms with Gasteiger partial charge in [0.1, 0.15) is 17.4 Å². The van der Waals surface area contributed by atoms with E-state index in [1.165, 1.54) is 12.1 Å². The second kappa shape index (κ2) is 7.85. The van der Waals surface area contributed by atoms with Gasteiger partial charge in [-0.25, -0.2) is 18.3 Å². The summed E-state index contributed by atoms with van der Waals surface area (Å²) in [5.74, 6) is -0.649. The van der Waals surface area contributed by atoms with Crippen molar-refractivity contribution >= 4 is 11.0 Å². The molecule has 0 spiro atoms. The van der Waals surface area contributed by atoms with Crippen molar-refractivity contribution in [3.63, 3.8) is 0 Å². The first-order valence-corrected chi connectivity index (χ1v) is 10.1. The largest absolute Gasteiger partial charge is 0.335 e. The summed E-state index contributed by atoms with van der Waals surface area (Å²) < 4.78 is 32.3. The number of nitriles is 1. The maximum Gasteiger partial charge on any atom is 0.141 e. The second-order valence-corrected chi connectivity index (χ2v) is 9.64. The molecule has 6 nitrogen and oxygen atoms in total. The monoisotopic (exact) mass is 411 g/mol. The lowest BCUT2D eigenvalue weighted by Crippen LogP contribution is -2.50. The van der Waals surface area contributed by atoms with Crippen LogP contribution in [0.4, 0.5) is 4.39 Å². The van der Waals surface area contributed by atoms with Crippen molar-refractivity contribution in [3.05, 3.63) is 83.5 Å². The highest BCUT2D eigenvalue weighted by Crippen LogP contribution is 2.38. The lowest BCUT2D eigenvalue weighted by atomic mass is 9.81. The summed E-state index contributed by atoms with van der Waals surface area (Å²) in [6.07, 6.45) is 6.56. The summed E-state index contributed by atoms with van der Waals surface area (Å²) >= 11 is 0. The molecule has 0 saturated carbocycles. The predicted octanol–water partition coefficient (Wildman–Crippen LogP) is 3.17. The minimum atomic E-state index is -1.52. The van der Waals surface area contributed by atoms with Crippen molar-refractivity contribution in [1.82, 2.24) is 19.3 Å². The van der Waals surface area contributed by atoms with E-state index in [2.05, 4.69) is 14.7 Å². The number of nitrogens with one attached hydrogen (secondary N) is 1. The van der Waals surface area contributed by atoms with Crippen LogP contribution in [0.15, 0.2) is 55.2 Å². The Morgan fingerprint density at radius 2 is 1.93 bits per heavy atom. The van der Waals surface area contributed by atoms with E-state index < -0.39 is 27.1 Å². The van der Waals surface area contributed by atoms with E-state index in [0.717, 1.165) is 0 Å². The maximum atomic E-state index is 14.6. The van der Waals surface area contributed by atoms with E-state index in [1.807, 2.05) is 40.0 Å². The van der Waals surface area contributed by atoms with Gasteiger partial charge in [-0.1, -0.05) is 12.1 Å². The Morgan fingerprint density at radius 1 is 1.17 bits per heavy atom. The number of benzene rings is 1. The standard InChI is InChI=1S/C21H22FN5OS/c1-20(2,3)29(28)26-21(17-6-5-9-24-12-17,19-13-25-14-27(19)4)16-8-7-15(11-23)18(22)10-16/h5-10,12-14,26H,1-4H3. The molecule has 8 heteroatoms. The molecule has 0 aliphatic heterocycles. The molecule has 29 heavy (non-hydrogen) atoms. The molecular formula is C21H22FN5OS. The van der Waals surface area contributed by atoms with Crippen molar-refractivity contribution in [2.24, 2.45) is 7.05 Å². The van der Waals surface area contributed by atoms with E-state index in [9.17, 15) is 8.60 Å². The molecule has 3 aromatic rings. The van der Waals surface area contributed by atoms with Crippen molar-refractivity contribution < 1.29 is 8.60 Å². The molecule has 1 N–H and O–H groups in total. The average Bonchev–Trinajstić information content (AvgIpc) is 3.12. The van der Waals surface area contributed by atoms with E-state index in [1.54, 1.807) is 41.6 Å². The lowest BCUT2D eigenvalue weighted by Gasteiger charge is -2.37. The molecule has 150 valence electrons. The van der Waals surface area contributed by atoms with Gasteiger partial charge in [0.15, 0.2) is 0 Å². The van der Waals surface area contributed by atoms with Crippen LogP contribution in [0, 0.1) is 17.1 Å². The first-order valence-electron chi connectivity index (χ1n) is 8.97. The minimum Gasteiger partial charge on any atom is -0.335 e. The van der Waals surface area contributed by atoms with Gasteiger partial charge in [0.25, 0.3) is 0 Å². The maximum absolute atomic E-state index is 14.6. The summed E-state index contributed by atoms with van der Waals surface area (Å²) in [7, 11) is 0.294. The Bertz CT molecular complexity index is 1080. The molecule has 2 unspecified atom stereocenters. The number of pyridine rings is 1. The molecule has 0 amide bonds. The predicted molar refractivity (Wildman–Crippen MR) is 109 cm³/mol. The first-order chi connectivity index (χ1) is 13.7. The molecule has 0 radical (unpaired) electrons. The van der Waals surface area contributed by atoms with E-state index >= 15 is 0 Å². The SMILES string of the molecule is Cn1cncc1C(NS(=O)C(C)(C)C)(c1cccnc1)c1ccc(C#N)c(F)c1. The van der Waals surface area contributed by atoms with Gasteiger partial charge in [-0.15, -0.1) is 0 Å². The van der Waals surface area contributed by atoms with Gasteiger partial charge in [0.2, 0.25) is 0 Å². The number of hydrogen-bond acceptors (Lipinski definition) is 4. The molecular weight excluding hydrogens is 389 g/mol. The van der Waals surface area contributed by atoms with Crippen LogP contribution in [0.2, 0.25) is 0 Å². The van der Waals surface area contributed by atoms with Crippen molar-refractivity contribution in [3.8, 4) is 6.07 Å². The van der Waals surface area contributed by atoms with E-state index in [-0.39, 0.29) is 5.56 Å². The van der Waals surface area contributed by atoms with Crippen LogP contribution in [0.5, 0.6) is 0 Å². The van der Waals surface area contributed by atoms with Crippen LogP contribution in [0.25, 0.3) is 0 Å². The lowest BCUT2D eigenvalue weighted by molar-refractivity contribution is 0.520. The van der Waals surface area contributed by atoms with Gasteiger partial charge >= 0.3 is 0 Å². The number of rotatable bonds is 5. The highest BCUT2D eigenvalue weighted by Gasteiger charge is 2.42. The van der Waals surface area contributed by atoms with Crippen LogP contribution >= 0.6 is 0 Å². The average molecular weight is 412 g/mol. The Kier molecular flexibility index (Phi) is 5.64. The smallest absolute Gasteiger partial charge is 0.141 e. The molecule has 0 saturated heterocycles. The Labute approximate surface area is 172 Å².